The van der Waals surface area contributed by atoms with Gasteiger partial charge in [-0.3, -0.25) is 9.59 Å². The van der Waals surface area contributed by atoms with Crippen molar-refractivity contribution in [3.8, 4) is 0 Å². The first-order valence-electron chi connectivity index (χ1n) is 2.96. The van der Waals surface area contributed by atoms with E-state index in [1.54, 1.807) is 0 Å². The number of rotatable bonds is 3. The lowest BCUT2D eigenvalue weighted by molar-refractivity contribution is -0.154. The molecular weight excluding hydrogens is 150 g/mol. The molecule has 0 aliphatic heterocycles. The standard InChI is InChI=1S/C6H9NO4/c1-4(8)6(10)11-3-7-5(2)9/h3H2,1-2H3,(H,7,9). The van der Waals surface area contributed by atoms with Crippen molar-refractivity contribution < 1.29 is 19.1 Å². The first kappa shape index (κ1) is 9.61. The fraction of sp³-hybridized carbons (Fsp3) is 0.500. The molecular formula is C6H9NO4. The molecule has 5 heteroatoms. The van der Waals surface area contributed by atoms with Gasteiger partial charge in [-0.2, -0.15) is 0 Å². The van der Waals surface area contributed by atoms with Gasteiger partial charge < -0.3 is 10.1 Å². The number of hydrogen-bond acceptors (Lipinski definition) is 4. The minimum absolute atomic E-state index is 0.256. The molecule has 0 aliphatic rings. The Labute approximate surface area is 63.7 Å². The van der Waals surface area contributed by atoms with Gasteiger partial charge in [0.15, 0.2) is 6.73 Å². The van der Waals surface area contributed by atoms with Crippen molar-refractivity contribution in [2.24, 2.45) is 0 Å². The fourth-order valence-electron chi connectivity index (χ4n) is 0.305. The van der Waals surface area contributed by atoms with Crippen molar-refractivity contribution >= 4 is 17.7 Å². The number of carbonyl (C=O) groups is 3. The van der Waals surface area contributed by atoms with Crippen LogP contribution in [-0.2, 0) is 19.1 Å². The summed E-state index contributed by atoms with van der Waals surface area (Å²) in [5.74, 6) is -1.95. The summed E-state index contributed by atoms with van der Waals surface area (Å²) in [4.78, 5) is 30.8. The van der Waals surface area contributed by atoms with Crippen LogP contribution in [0.1, 0.15) is 13.8 Å². The van der Waals surface area contributed by atoms with E-state index in [4.69, 9.17) is 0 Å². The van der Waals surface area contributed by atoms with Crippen LogP contribution in [0.3, 0.4) is 0 Å². The van der Waals surface area contributed by atoms with Gasteiger partial charge in [-0.05, 0) is 0 Å². The molecule has 0 aromatic carbocycles. The predicted octanol–water partition coefficient (Wildman–Crippen LogP) is -0.788. The number of ether oxygens (including phenoxy) is 1. The smallest absolute Gasteiger partial charge is 0.376 e. The molecule has 0 saturated carbocycles. The van der Waals surface area contributed by atoms with Crippen LogP contribution in [0, 0.1) is 0 Å². The monoisotopic (exact) mass is 159 g/mol. The quantitative estimate of drug-likeness (QED) is 0.333. The van der Waals surface area contributed by atoms with Gasteiger partial charge in [0.25, 0.3) is 0 Å². The summed E-state index contributed by atoms with van der Waals surface area (Å²) >= 11 is 0. The highest BCUT2D eigenvalue weighted by Gasteiger charge is 2.07. The molecule has 0 bridgehead atoms. The Morgan fingerprint density at radius 1 is 1.27 bits per heavy atom. The van der Waals surface area contributed by atoms with E-state index in [1.165, 1.54) is 6.92 Å². The lowest BCUT2D eigenvalue weighted by Gasteiger charge is -2.01. The fourth-order valence-corrected chi connectivity index (χ4v) is 0.305. The summed E-state index contributed by atoms with van der Waals surface area (Å²) in [6, 6.07) is 0. The Balaban J connectivity index is 3.47. The molecule has 5 nitrogen and oxygen atoms in total. The van der Waals surface area contributed by atoms with E-state index in [1.807, 2.05) is 0 Å². The lowest BCUT2D eigenvalue weighted by atomic mass is 10.5. The van der Waals surface area contributed by atoms with Gasteiger partial charge in [0, 0.05) is 13.8 Å². The Hall–Kier alpha value is -1.39. The van der Waals surface area contributed by atoms with Crippen molar-refractivity contribution in [3.63, 3.8) is 0 Å². The molecule has 1 N–H and O–H groups in total. The zero-order valence-electron chi connectivity index (χ0n) is 6.34. The Bertz CT molecular complexity index is 187. The second-order valence-corrected chi connectivity index (χ2v) is 1.87. The number of ketones is 1. The Morgan fingerprint density at radius 3 is 2.18 bits per heavy atom. The van der Waals surface area contributed by atoms with E-state index >= 15 is 0 Å². The van der Waals surface area contributed by atoms with E-state index in [0.29, 0.717) is 0 Å². The molecule has 11 heavy (non-hydrogen) atoms. The van der Waals surface area contributed by atoms with Crippen LogP contribution in [0.2, 0.25) is 0 Å². The highest BCUT2D eigenvalue weighted by molar-refractivity contribution is 6.32. The van der Waals surface area contributed by atoms with Crippen LogP contribution in [0.4, 0.5) is 0 Å². The summed E-state index contributed by atoms with van der Waals surface area (Å²) < 4.78 is 4.29. The molecule has 0 rings (SSSR count). The summed E-state index contributed by atoms with van der Waals surface area (Å²) in [7, 11) is 0. The molecule has 1 amide bonds. The van der Waals surface area contributed by atoms with Gasteiger partial charge in [-0.1, -0.05) is 0 Å². The van der Waals surface area contributed by atoms with Gasteiger partial charge in [-0.25, -0.2) is 4.79 Å². The maximum atomic E-state index is 10.4. The van der Waals surface area contributed by atoms with Crippen LogP contribution >= 0.6 is 0 Å². The third kappa shape index (κ3) is 5.07. The minimum atomic E-state index is -0.946. The largest absolute Gasteiger partial charge is 0.439 e. The van der Waals surface area contributed by atoms with Gasteiger partial charge >= 0.3 is 5.97 Å². The van der Waals surface area contributed by atoms with Crippen LogP contribution < -0.4 is 5.32 Å². The first-order valence-corrected chi connectivity index (χ1v) is 2.96. The van der Waals surface area contributed by atoms with E-state index in [2.05, 4.69) is 10.1 Å². The number of nitrogens with one attached hydrogen (secondary N) is 1. The summed E-state index contributed by atoms with van der Waals surface area (Å²) in [5.41, 5.74) is 0. The van der Waals surface area contributed by atoms with E-state index < -0.39 is 11.8 Å². The average Bonchev–Trinajstić information content (AvgIpc) is 1.86. The van der Waals surface area contributed by atoms with Crippen LogP contribution in [0.15, 0.2) is 0 Å². The topological polar surface area (TPSA) is 72.5 Å². The molecule has 0 aliphatic carbocycles. The number of amides is 1. The van der Waals surface area contributed by atoms with Gasteiger partial charge in [0.2, 0.25) is 11.7 Å². The predicted molar refractivity (Wildman–Crippen MR) is 35.5 cm³/mol. The van der Waals surface area contributed by atoms with Crippen molar-refractivity contribution in [1.29, 1.82) is 0 Å². The van der Waals surface area contributed by atoms with Crippen molar-refractivity contribution in [1.82, 2.24) is 5.32 Å². The number of hydrogen-bond donors (Lipinski definition) is 1. The Morgan fingerprint density at radius 2 is 1.82 bits per heavy atom. The van der Waals surface area contributed by atoms with Gasteiger partial charge in [0.05, 0.1) is 0 Å². The number of Topliss-reactive ketones (excluding diaryl/α,β-unsaturated/α-hetero) is 1. The molecule has 0 fully saturated rings. The highest BCUT2D eigenvalue weighted by atomic mass is 16.5. The molecule has 0 spiro atoms. The Kier molecular flexibility index (Phi) is 3.87. The first-order chi connectivity index (χ1) is 5.04. The molecule has 0 radical (unpaired) electrons. The second kappa shape index (κ2) is 4.43. The third-order valence-corrected chi connectivity index (χ3v) is 0.812. The van der Waals surface area contributed by atoms with Crippen molar-refractivity contribution in [3.05, 3.63) is 0 Å². The normalized spacial score (nSPS) is 8.55. The molecule has 0 aromatic heterocycles. The van der Waals surface area contributed by atoms with Crippen LogP contribution in [-0.4, -0.2) is 24.4 Å². The molecule has 0 saturated heterocycles. The maximum Gasteiger partial charge on any atom is 0.376 e. The molecule has 62 valence electrons. The average molecular weight is 159 g/mol. The van der Waals surface area contributed by atoms with E-state index in [9.17, 15) is 14.4 Å². The van der Waals surface area contributed by atoms with Crippen LogP contribution in [0.5, 0.6) is 0 Å². The second-order valence-electron chi connectivity index (χ2n) is 1.87. The number of esters is 1. The maximum absolute atomic E-state index is 10.4. The summed E-state index contributed by atoms with van der Waals surface area (Å²) in [6.07, 6.45) is 0. The molecule has 0 atom stereocenters. The SMILES string of the molecule is CC(=O)NCOC(=O)C(C)=O. The van der Waals surface area contributed by atoms with Crippen molar-refractivity contribution in [2.45, 2.75) is 13.8 Å². The molecule has 0 unspecified atom stereocenters. The van der Waals surface area contributed by atoms with Gasteiger partial charge in [-0.15, -0.1) is 0 Å². The number of carbonyl (C=O) groups excluding carboxylic acids is 3. The highest BCUT2D eigenvalue weighted by Crippen LogP contribution is 1.77. The zero-order valence-corrected chi connectivity index (χ0v) is 6.34. The van der Waals surface area contributed by atoms with Gasteiger partial charge in [0.1, 0.15) is 0 Å². The van der Waals surface area contributed by atoms with E-state index in [-0.39, 0.29) is 12.6 Å². The summed E-state index contributed by atoms with van der Waals surface area (Å²) in [6.45, 7) is 2.12. The zero-order chi connectivity index (χ0) is 8.85. The summed E-state index contributed by atoms with van der Waals surface area (Å²) in [5, 5.41) is 2.20. The molecule has 0 heterocycles. The minimum Gasteiger partial charge on any atom is -0.439 e. The third-order valence-electron chi connectivity index (χ3n) is 0.812. The molecule has 0 aromatic rings. The lowest BCUT2D eigenvalue weighted by Crippen LogP contribution is -2.27. The van der Waals surface area contributed by atoms with Crippen molar-refractivity contribution in [2.75, 3.05) is 6.73 Å². The van der Waals surface area contributed by atoms with Crippen LogP contribution in [0.25, 0.3) is 0 Å². The van der Waals surface area contributed by atoms with E-state index in [0.717, 1.165) is 6.92 Å².